The van der Waals surface area contributed by atoms with E-state index in [2.05, 4.69) is 22.3 Å². The predicted molar refractivity (Wildman–Crippen MR) is 158 cm³/mol. The van der Waals surface area contributed by atoms with E-state index < -0.39 is 15.6 Å². The number of methoxy groups -OCH3 is 1. The minimum atomic E-state index is -3.61. The van der Waals surface area contributed by atoms with Gasteiger partial charge in [-0.1, -0.05) is 60.7 Å². The molecule has 3 saturated heterocycles. The van der Waals surface area contributed by atoms with Gasteiger partial charge < -0.3 is 15.0 Å². The number of carbonyl (C=O) groups excluding carboxylic acids is 2. The first-order valence-electron chi connectivity index (χ1n) is 14.4. The van der Waals surface area contributed by atoms with Gasteiger partial charge in [0.25, 0.3) is 5.91 Å². The minimum Gasteiger partial charge on any atom is -0.497 e. The van der Waals surface area contributed by atoms with E-state index in [1.54, 1.807) is 35.7 Å². The second kappa shape index (κ2) is 11.5. The first-order valence-corrected chi connectivity index (χ1v) is 15.8. The Kier molecular flexibility index (Phi) is 7.78. The average molecular weight is 589 g/mol. The highest BCUT2D eigenvalue weighted by atomic mass is 32.2. The summed E-state index contributed by atoms with van der Waals surface area (Å²) in [5.74, 6) is 0.706. The first kappa shape index (κ1) is 28.4. The summed E-state index contributed by atoms with van der Waals surface area (Å²) in [6, 6.07) is 25.7. The quantitative estimate of drug-likeness (QED) is 0.403. The molecule has 10 heteroatoms. The molecule has 0 aliphatic carbocycles. The Balaban J connectivity index is 1.13. The molecule has 1 spiro atoms. The number of benzene rings is 3. The molecule has 0 aromatic heterocycles. The second-order valence-corrected chi connectivity index (χ2v) is 13.4. The summed E-state index contributed by atoms with van der Waals surface area (Å²) < 4.78 is 33.8. The standard InChI is InChI=1S/C32H36N4O5S/c1-41-27-14-12-24(13-15-27)20-36-30(37)32(33-31(36)38)16-18-34(19-17-32)21-26-22-35(23-29(26)25-8-4-2-5-9-25)42(39,40)28-10-6-3-7-11-28/h2-15,26,29H,16-23H2,1H3,(H,33,38). The number of piperidine rings is 1. The van der Waals surface area contributed by atoms with Crippen LogP contribution in [0.4, 0.5) is 4.79 Å². The summed E-state index contributed by atoms with van der Waals surface area (Å²) in [6.45, 7) is 3.08. The van der Waals surface area contributed by atoms with Crippen LogP contribution in [0.25, 0.3) is 0 Å². The number of hydrogen-bond acceptors (Lipinski definition) is 6. The third kappa shape index (κ3) is 5.42. The molecule has 3 fully saturated rings. The van der Waals surface area contributed by atoms with Gasteiger partial charge in [-0.2, -0.15) is 4.31 Å². The van der Waals surface area contributed by atoms with Crippen LogP contribution in [0.5, 0.6) is 5.75 Å². The van der Waals surface area contributed by atoms with E-state index in [0.29, 0.717) is 50.5 Å². The molecule has 2 atom stereocenters. The fraction of sp³-hybridized carbons (Fsp3) is 0.375. The van der Waals surface area contributed by atoms with Gasteiger partial charge in [-0.15, -0.1) is 0 Å². The molecule has 220 valence electrons. The Morgan fingerprint density at radius 1 is 0.881 bits per heavy atom. The molecule has 3 aromatic rings. The molecular formula is C32H36N4O5S. The summed E-state index contributed by atoms with van der Waals surface area (Å²) in [4.78, 5) is 30.3. The van der Waals surface area contributed by atoms with Crippen molar-refractivity contribution in [1.82, 2.24) is 19.4 Å². The van der Waals surface area contributed by atoms with Gasteiger partial charge in [-0.25, -0.2) is 13.2 Å². The number of ether oxygens (including phenoxy) is 1. The molecule has 3 amide bonds. The van der Waals surface area contributed by atoms with Crippen molar-refractivity contribution in [3.05, 3.63) is 96.1 Å². The fourth-order valence-corrected chi connectivity index (χ4v) is 8.10. The summed E-state index contributed by atoms with van der Waals surface area (Å²) in [5, 5.41) is 3.00. The molecular weight excluding hydrogens is 552 g/mol. The topological polar surface area (TPSA) is 99.3 Å². The highest BCUT2D eigenvalue weighted by Gasteiger charge is 2.52. The van der Waals surface area contributed by atoms with E-state index in [9.17, 15) is 18.0 Å². The smallest absolute Gasteiger partial charge is 0.325 e. The number of amides is 3. The number of likely N-dealkylation sites (tertiary alicyclic amines) is 1. The Hall–Kier alpha value is -3.73. The normalized spacial score (nSPS) is 22.9. The minimum absolute atomic E-state index is 0.0633. The molecule has 0 radical (unpaired) electrons. The zero-order valence-electron chi connectivity index (χ0n) is 23.7. The lowest BCUT2D eigenvalue weighted by Crippen LogP contribution is -2.55. The Morgan fingerprint density at radius 3 is 2.17 bits per heavy atom. The van der Waals surface area contributed by atoms with Crippen molar-refractivity contribution < 1.29 is 22.7 Å². The van der Waals surface area contributed by atoms with Crippen LogP contribution in [0.15, 0.2) is 89.8 Å². The maximum atomic E-state index is 13.5. The molecule has 9 nitrogen and oxygen atoms in total. The molecule has 2 unspecified atom stereocenters. The lowest BCUT2D eigenvalue weighted by molar-refractivity contribution is -0.133. The number of hydrogen-bond donors (Lipinski definition) is 1. The molecule has 42 heavy (non-hydrogen) atoms. The van der Waals surface area contributed by atoms with Gasteiger partial charge in [-0.05, 0) is 54.2 Å². The van der Waals surface area contributed by atoms with Gasteiger partial charge in [0.1, 0.15) is 11.3 Å². The van der Waals surface area contributed by atoms with Crippen LogP contribution in [-0.4, -0.2) is 79.8 Å². The van der Waals surface area contributed by atoms with Gasteiger partial charge in [0, 0.05) is 38.6 Å². The van der Waals surface area contributed by atoms with Gasteiger partial charge >= 0.3 is 6.03 Å². The fourth-order valence-electron chi connectivity index (χ4n) is 6.55. The number of urea groups is 1. The molecule has 1 N–H and O–H groups in total. The molecule has 0 saturated carbocycles. The summed E-state index contributed by atoms with van der Waals surface area (Å²) >= 11 is 0. The molecule has 3 aliphatic rings. The number of nitrogens with one attached hydrogen (secondary N) is 1. The molecule has 3 aromatic carbocycles. The van der Waals surface area contributed by atoms with Crippen LogP contribution in [0, 0.1) is 5.92 Å². The number of imide groups is 1. The van der Waals surface area contributed by atoms with Crippen LogP contribution < -0.4 is 10.1 Å². The number of rotatable bonds is 8. The Bertz CT molecular complexity index is 1520. The van der Waals surface area contributed by atoms with Crippen LogP contribution >= 0.6 is 0 Å². The lowest BCUT2D eigenvalue weighted by Gasteiger charge is -2.39. The van der Waals surface area contributed by atoms with Crippen LogP contribution in [-0.2, 0) is 21.4 Å². The van der Waals surface area contributed by atoms with Crippen molar-refractivity contribution >= 4 is 22.0 Å². The van der Waals surface area contributed by atoms with Crippen molar-refractivity contribution in [1.29, 1.82) is 0 Å². The van der Waals surface area contributed by atoms with E-state index >= 15 is 0 Å². The van der Waals surface area contributed by atoms with Crippen LogP contribution in [0.1, 0.15) is 29.9 Å². The lowest BCUT2D eigenvalue weighted by atomic mass is 9.85. The average Bonchev–Trinajstić information content (AvgIpc) is 3.55. The van der Waals surface area contributed by atoms with E-state index in [-0.39, 0.29) is 30.3 Å². The van der Waals surface area contributed by atoms with Crippen LogP contribution in [0.2, 0.25) is 0 Å². The maximum absolute atomic E-state index is 13.5. The van der Waals surface area contributed by atoms with Crippen molar-refractivity contribution in [3.8, 4) is 5.75 Å². The highest BCUT2D eigenvalue weighted by Crippen LogP contribution is 2.38. The molecule has 0 bridgehead atoms. The van der Waals surface area contributed by atoms with Gasteiger partial charge in [-0.3, -0.25) is 9.69 Å². The third-order valence-corrected chi connectivity index (χ3v) is 10.8. The highest BCUT2D eigenvalue weighted by molar-refractivity contribution is 7.89. The summed E-state index contributed by atoms with van der Waals surface area (Å²) in [6.07, 6.45) is 1.04. The maximum Gasteiger partial charge on any atom is 0.325 e. The summed E-state index contributed by atoms with van der Waals surface area (Å²) in [7, 11) is -2.01. The second-order valence-electron chi connectivity index (χ2n) is 11.5. The number of carbonyl (C=O) groups is 2. The SMILES string of the molecule is COc1ccc(CN2C(=O)NC3(CCN(CC4CN(S(=O)(=O)c5ccccc5)CC4c4ccccc4)CC3)C2=O)cc1. The molecule has 3 aliphatic heterocycles. The van der Waals surface area contributed by atoms with Gasteiger partial charge in [0.2, 0.25) is 10.0 Å². The Morgan fingerprint density at radius 2 is 1.52 bits per heavy atom. The predicted octanol–water partition coefficient (Wildman–Crippen LogP) is 3.69. The van der Waals surface area contributed by atoms with Crippen molar-refractivity contribution in [3.63, 3.8) is 0 Å². The van der Waals surface area contributed by atoms with E-state index in [4.69, 9.17) is 4.74 Å². The Labute approximate surface area is 247 Å². The van der Waals surface area contributed by atoms with E-state index in [1.165, 1.54) is 4.90 Å². The van der Waals surface area contributed by atoms with Gasteiger partial charge in [0.15, 0.2) is 0 Å². The van der Waals surface area contributed by atoms with Crippen molar-refractivity contribution in [2.45, 2.75) is 35.7 Å². The number of nitrogens with zero attached hydrogens (tertiary/aromatic N) is 3. The summed E-state index contributed by atoms with van der Waals surface area (Å²) in [5.41, 5.74) is 1.10. The first-order chi connectivity index (χ1) is 20.3. The zero-order valence-corrected chi connectivity index (χ0v) is 24.5. The molecule has 3 heterocycles. The van der Waals surface area contributed by atoms with Crippen LogP contribution in [0.3, 0.4) is 0 Å². The monoisotopic (exact) mass is 588 g/mol. The van der Waals surface area contributed by atoms with Crippen molar-refractivity contribution in [2.75, 3.05) is 39.8 Å². The van der Waals surface area contributed by atoms with E-state index in [0.717, 1.165) is 16.9 Å². The van der Waals surface area contributed by atoms with Crippen molar-refractivity contribution in [2.24, 2.45) is 5.92 Å². The van der Waals surface area contributed by atoms with E-state index in [1.807, 2.05) is 48.5 Å². The third-order valence-electron chi connectivity index (χ3n) is 8.96. The number of sulfonamides is 1. The molecule has 6 rings (SSSR count). The zero-order chi connectivity index (χ0) is 29.3. The largest absolute Gasteiger partial charge is 0.497 e. The van der Waals surface area contributed by atoms with Gasteiger partial charge in [0.05, 0.1) is 18.6 Å².